The van der Waals surface area contributed by atoms with Crippen LogP contribution in [0.3, 0.4) is 0 Å². The summed E-state index contributed by atoms with van der Waals surface area (Å²) in [5.74, 6) is -2.81. The predicted octanol–water partition coefficient (Wildman–Crippen LogP) is 1.54. The summed E-state index contributed by atoms with van der Waals surface area (Å²) in [5, 5.41) is 14.0. The number of amides is 2. The molecule has 0 bridgehead atoms. The van der Waals surface area contributed by atoms with Crippen LogP contribution in [-0.4, -0.2) is 75.9 Å². The zero-order valence-corrected chi connectivity index (χ0v) is 20.2. The molecule has 0 aliphatic heterocycles. The second-order valence-electron chi connectivity index (χ2n) is 8.30. The second-order valence-corrected chi connectivity index (χ2v) is 10.6. The fourth-order valence-electron chi connectivity index (χ4n) is 3.99. The van der Waals surface area contributed by atoms with Crippen molar-refractivity contribution in [3.63, 3.8) is 0 Å². The number of carbonyl (C=O) groups excluding carboxylic acids is 2. The molecule has 0 saturated heterocycles. The van der Waals surface area contributed by atoms with Crippen LogP contribution in [0.4, 0.5) is 4.79 Å². The van der Waals surface area contributed by atoms with Crippen molar-refractivity contribution in [2.75, 3.05) is 32.3 Å². The van der Waals surface area contributed by atoms with Gasteiger partial charge >= 0.3 is 12.1 Å². The molecule has 35 heavy (non-hydrogen) atoms. The molecule has 10 nitrogen and oxygen atoms in total. The minimum atomic E-state index is -3.43. The molecule has 3 rings (SSSR count). The standard InChI is InChI=1S/C24H28N2O8S/c1-33-14-21(22(27)25-20(23(28)29)11-12-35(2,31)32)26-24(30)34-13-19-17-9-5-3-7-15(17)16-8-4-6-10-18(16)19/h3-10,19-21H,11-14H2,1-2H3,(H,25,27)(H,26,30)(H,28,29)/t20?,21-/m0/s1. The highest BCUT2D eigenvalue weighted by atomic mass is 32.2. The Morgan fingerprint density at radius 1 is 0.971 bits per heavy atom. The van der Waals surface area contributed by atoms with Crippen LogP contribution in [0.15, 0.2) is 48.5 Å². The van der Waals surface area contributed by atoms with Crippen molar-refractivity contribution in [2.24, 2.45) is 0 Å². The number of carboxylic acids is 1. The summed E-state index contributed by atoms with van der Waals surface area (Å²) in [5.41, 5.74) is 4.20. The Hall–Kier alpha value is -3.44. The number of benzene rings is 2. The van der Waals surface area contributed by atoms with E-state index in [4.69, 9.17) is 9.47 Å². The number of aliphatic carboxylic acids is 1. The van der Waals surface area contributed by atoms with Gasteiger partial charge in [-0.15, -0.1) is 0 Å². The number of carbonyl (C=O) groups is 3. The molecule has 0 heterocycles. The first-order valence-electron chi connectivity index (χ1n) is 10.9. The molecule has 1 unspecified atom stereocenters. The lowest BCUT2D eigenvalue weighted by atomic mass is 9.98. The number of nitrogens with one attached hydrogen (secondary N) is 2. The molecule has 3 N–H and O–H groups in total. The molecular weight excluding hydrogens is 476 g/mol. The summed E-state index contributed by atoms with van der Waals surface area (Å²) >= 11 is 0. The van der Waals surface area contributed by atoms with Gasteiger partial charge in [0.2, 0.25) is 5.91 Å². The second kappa shape index (κ2) is 11.3. The number of rotatable bonds is 11. The smallest absolute Gasteiger partial charge is 0.407 e. The summed E-state index contributed by atoms with van der Waals surface area (Å²) < 4.78 is 33.1. The first-order chi connectivity index (χ1) is 16.6. The molecular formula is C24H28N2O8S. The van der Waals surface area contributed by atoms with Crippen LogP contribution in [0.25, 0.3) is 11.1 Å². The summed E-state index contributed by atoms with van der Waals surface area (Å²) in [6.07, 6.45) is -0.211. The third kappa shape index (κ3) is 6.80. The minimum absolute atomic E-state index is 0.0350. The van der Waals surface area contributed by atoms with Crippen molar-refractivity contribution >= 4 is 27.8 Å². The van der Waals surface area contributed by atoms with Crippen molar-refractivity contribution < 1.29 is 37.4 Å². The van der Waals surface area contributed by atoms with Crippen LogP contribution in [-0.2, 0) is 28.9 Å². The third-order valence-corrected chi connectivity index (χ3v) is 6.65. The normalized spacial score (nSPS) is 14.3. The van der Waals surface area contributed by atoms with E-state index in [2.05, 4.69) is 10.6 Å². The van der Waals surface area contributed by atoms with Crippen LogP contribution in [0.2, 0.25) is 0 Å². The van der Waals surface area contributed by atoms with Gasteiger partial charge in [0.15, 0.2) is 0 Å². The van der Waals surface area contributed by atoms with Gasteiger partial charge in [0, 0.05) is 19.3 Å². The highest BCUT2D eigenvalue weighted by molar-refractivity contribution is 7.90. The highest BCUT2D eigenvalue weighted by Gasteiger charge is 2.31. The average Bonchev–Trinajstić information content (AvgIpc) is 3.13. The molecule has 2 atom stereocenters. The van der Waals surface area contributed by atoms with Crippen molar-refractivity contribution in [3.8, 4) is 11.1 Å². The first-order valence-corrected chi connectivity index (χ1v) is 13.0. The summed E-state index contributed by atoms with van der Waals surface area (Å²) in [6, 6.07) is 13.0. The number of methoxy groups -OCH3 is 1. The number of fused-ring (bicyclic) bond motifs is 3. The number of carboxylic acid groups (broad SMARTS) is 1. The molecule has 2 aromatic carbocycles. The Labute approximate surface area is 203 Å². The Morgan fingerprint density at radius 2 is 1.54 bits per heavy atom. The van der Waals surface area contributed by atoms with Crippen LogP contribution in [0.5, 0.6) is 0 Å². The number of sulfone groups is 1. The van der Waals surface area contributed by atoms with Crippen LogP contribution < -0.4 is 10.6 Å². The van der Waals surface area contributed by atoms with Crippen molar-refractivity contribution in [2.45, 2.75) is 24.4 Å². The molecule has 188 valence electrons. The van der Waals surface area contributed by atoms with Crippen molar-refractivity contribution in [1.29, 1.82) is 0 Å². The summed E-state index contributed by atoms with van der Waals surface area (Å²) in [6.45, 7) is -0.207. The average molecular weight is 505 g/mol. The Balaban J connectivity index is 1.63. The minimum Gasteiger partial charge on any atom is -0.480 e. The van der Waals surface area contributed by atoms with Gasteiger partial charge in [0.1, 0.15) is 28.5 Å². The van der Waals surface area contributed by atoms with E-state index < -0.39 is 45.6 Å². The van der Waals surface area contributed by atoms with Gasteiger partial charge in [-0.3, -0.25) is 4.79 Å². The lowest BCUT2D eigenvalue weighted by Gasteiger charge is -2.21. The van der Waals surface area contributed by atoms with Gasteiger partial charge in [-0.1, -0.05) is 48.5 Å². The quantitative estimate of drug-likeness (QED) is 0.417. The van der Waals surface area contributed by atoms with Gasteiger partial charge in [0.05, 0.1) is 12.4 Å². The van der Waals surface area contributed by atoms with Crippen molar-refractivity contribution in [1.82, 2.24) is 10.6 Å². The number of alkyl carbamates (subject to hydrolysis) is 1. The van der Waals surface area contributed by atoms with Gasteiger partial charge < -0.3 is 25.2 Å². The van der Waals surface area contributed by atoms with E-state index in [0.29, 0.717) is 0 Å². The lowest BCUT2D eigenvalue weighted by Crippen LogP contribution is -2.53. The molecule has 0 aromatic heterocycles. The van der Waals surface area contributed by atoms with Gasteiger partial charge in [0.25, 0.3) is 0 Å². The van der Waals surface area contributed by atoms with E-state index in [1.165, 1.54) is 7.11 Å². The Kier molecular flexibility index (Phi) is 8.47. The molecule has 0 spiro atoms. The number of ether oxygens (including phenoxy) is 2. The Morgan fingerprint density at radius 3 is 2.06 bits per heavy atom. The summed E-state index contributed by atoms with van der Waals surface area (Å²) in [4.78, 5) is 36.6. The van der Waals surface area contributed by atoms with Crippen LogP contribution in [0.1, 0.15) is 23.5 Å². The van der Waals surface area contributed by atoms with Crippen LogP contribution in [0, 0.1) is 0 Å². The van der Waals surface area contributed by atoms with E-state index in [9.17, 15) is 27.9 Å². The number of hydrogen-bond acceptors (Lipinski definition) is 7. The van der Waals surface area contributed by atoms with E-state index in [-0.39, 0.29) is 25.6 Å². The fourth-order valence-corrected chi connectivity index (χ4v) is 4.66. The molecule has 11 heteroatoms. The molecule has 1 aliphatic rings. The van der Waals surface area contributed by atoms with Gasteiger partial charge in [-0.25, -0.2) is 18.0 Å². The molecule has 0 saturated carbocycles. The molecule has 1 aliphatic carbocycles. The molecule has 0 radical (unpaired) electrons. The van der Waals surface area contributed by atoms with Gasteiger partial charge in [-0.2, -0.15) is 0 Å². The van der Waals surface area contributed by atoms with E-state index in [1.54, 1.807) is 0 Å². The molecule has 0 fully saturated rings. The van der Waals surface area contributed by atoms with E-state index >= 15 is 0 Å². The third-order valence-electron chi connectivity index (χ3n) is 5.68. The molecule has 2 aromatic rings. The SMILES string of the molecule is COC[C@H](NC(=O)OCC1c2ccccc2-c2ccccc21)C(=O)NC(CCS(C)(=O)=O)C(=O)O. The maximum Gasteiger partial charge on any atom is 0.407 e. The predicted molar refractivity (Wildman–Crippen MR) is 128 cm³/mol. The maximum absolute atomic E-state index is 12.6. The monoisotopic (exact) mass is 504 g/mol. The van der Waals surface area contributed by atoms with Crippen LogP contribution >= 0.6 is 0 Å². The summed E-state index contributed by atoms with van der Waals surface area (Å²) in [7, 11) is -2.11. The first kappa shape index (κ1) is 26.2. The van der Waals surface area contributed by atoms with Gasteiger partial charge in [-0.05, 0) is 28.7 Å². The maximum atomic E-state index is 12.6. The zero-order valence-electron chi connectivity index (χ0n) is 19.4. The molecule has 2 amide bonds. The Bertz CT molecular complexity index is 1150. The lowest BCUT2D eigenvalue weighted by molar-refractivity contribution is -0.142. The fraction of sp³-hybridized carbons (Fsp3) is 0.375. The topological polar surface area (TPSA) is 148 Å². The number of hydrogen-bond donors (Lipinski definition) is 3. The van der Waals surface area contributed by atoms with Crippen molar-refractivity contribution in [3.05, 3.63) is 59.7 Å². The van der Waals surface area contributed by atoms with E-state index in [1.807, 2.05) is 48.5 Å². The van der Waals surface area contributed by atoms with E-state index in [0.717, 1.165) is 28.5 Å². The highest BCUT2D eigenvalue weighted by Crippen LogP contribution is 2.44. The largest absolute Gasteiger partial charge is 0.480 e. The zero-order chi connectivity index (χ0) is 25.6.